The number of rotatable bonds is 7. The fourth-order valence-corrected chi connectivity index (χ4v) is 4.58. The third-order valence-corrected chi connectivity index (χ3v) is 6.18. The molecule has 2 atom stereocenters. The molecule has 0 N–H and O–H groups in total. The highest BCUT2D eigenvalue weighted by Crippen LogP contribution is 2.34. The number of carbonyl (C=O) groups is 2. The van der Waals surface area contributed by atoms with E-state index in [-0.39, 0.29) is 36.5 Å². The molecule has 7 heteroatoms. The Hall–Kier alpha value is -3.06. The fraction of sp³-hybridized carbons (Fsp3) is 0.440. The summed E-state index contributed by atoms with van der Waals surface area (Å²) < 4.78 is 21.9. The SMILES string of the molecule is COc1cc(CC(=O)C2CC3COCC(C2)N3C(=O)OCc2ccccc2)cc(OC)c1. The van der Waals surface area contributed by atoms with E-state index >= 15 is 0 Å². The number of Topliss-reactive ketones (excluding diaryl/α,β-unsaturated/α-hetero) is 1. The second-order valence-corrected chi connectivity index (χ2v) is 8.32. The average Bonchev–Trinajstić information content (AvgIpc) is 2.82. The summed E-state index contributed by atoms with van der Waals surface area (Å²) in [5, 5.41) is 0. The Bertz CT molecular complexity index is 910. The van der Waals surface area contributed by atoms with E-state index in [0.29, 0.717) is 44.0 Å². The van der Waals surface area contributed by atoms with Crippen molar-refractivity contribution in [2.24, 2.45) is 5.92 Å². The van der Waals surface area contributed by atoms with E-state index in [9.17, 15) is 9.59 Å². The lowest BCUT2D eigenvalue weighted by Crippen LogP contribution is -2.60. The van der Waals surface area contributed by atoms with Gasteiger partial charge < -0.3 is 18.9 Å². The number of methoxy groups -OCH3 is 2. The number of morpholine rings is 1. The number of ketones is 1. The number of benzene rings is 2. The van der Waals surface area contributed by atoms with Crippen molar-refractivity contribution in [1.29, 1.82) is 0 Å². The first-order valence-electron chi connectivity index (χ1n) is 10.9. The number of hydrogen-bond acceptors (Lipinski definition) is 6. The molecular weight excluding hydrogens is 410 g/mol. The zero-order valence-electron chi connectivity index (χ0n) is 18.5. The van der Waals surface area contributed by atoms with Crippen LogP contribution in [-0.2, 0) is 27.3 Å². The summed E-state index contributed by atoms with van der Waals surface area (Å²) in [5.74, 6) is 1.36. The Morgan fingerprint density at radius 1 is 0.938 bits per heavy atom. The molecule has 4 rings (SSSR count). The van der Waals surface area contributed by atoms with Crippen LogP contribution in [0, 0.1) is 5.92 Å². The van der Waals surface area contributed by atoms with Crippen LogP contribution in [0.5, 0.6) is 11.5 Å². The fourth-order valence-electron chi connectivity index (χ4n) is 4.58. The van der Waals surface area contributed by atoms with Gasteiger partial charge in [0.1, 0.15) is 23.9 Å². The van der Waals surface area contributed by atoms with Gasteiger partial charge in [-0.05, 0) is 36.1 Å². The summed E-state index contributed by atoms with van der Waals surface area (Å²) in [6.07, 6.45) is 1.13. The summed E-state index contributed by atoms with van der Waals surface area (Å²) in [7, 11) is 3.18. The van der Waals surface area contributed by atoms with E-state index < -0.39 is 0 Å². The van der Waals surface area contributed by atoms with Crippen LogP contribution in [0.2, 0.25) is 0 Å². The number of nitrogens with zero attached hydrogens (tertiary/aromatic N) is 1. The maximum atomic E-state index is 13.1. The minimum atomic E-state index is -0.337. The van der Waals surface area contributed by atoms with Crippen LogP contribution in [0.1, 0.15) is 24.0 Å². The average molecular weight is 440 g/mol. The minimum Gasteiger partial charge on any atom is -0.497 e. The van der Waals surface area contributed by atoms with Crippen LogP contribution >= 0.6 is 0 Å². The molecule has 2 fully saturated rings. The molecule has 0 aliphatic carbocycles. The van der Waals surface area contributed by atoms with Crippen molar-refractivity contribution in [3.05, 3.63) is 59.7 Å². The highest BCUT2D eigenvalue weighted by atomic mass is 16.6. The van der Waals surface area contributed by atoms with Crippen molar-refractivity contribution in [1.82, 2.24) is 4.90 Å². The van der Waals surface area contributed by atoms with Gasteiger partial charge in [-0.2, -0.15) is 0 Å². The molecule has 170 valence electrons. The van der Waals surface area contributed by atoms with Gasteiger partial charge in [-0.25, -0.2) is 4.79 Å². The first-order valence-corrected chi connectivity index (χ1v) is 10.9. The molecule has 2 unspecified atom stereocenters. The third kappa shape index (κ3) is 5.05. The molecule has 0 aromatic heterocycles. The van der Waals surface area contributed by atoms with Gasteiger partial charge in [0, 0.05) is 18.4 Å². The summed E-state index contributed by atoms with van der Waals surface area (Å²) >= 11 is 0. The zero-order valence-corrected chi connectivity index (χ0v) is 18.5. The predicted octanol–water partition coefficient (Wildman–Crippen LogP) is 3.63. The minimum absolute atomic E-state index is 0.121. The molecule has 2 bridgehead atoms. The normalized spacial score (nSPS) is 22.2. The Balaban J connectivity index is 1.39. The van der Waals surface area contributed by atoms with Crippen molar-refractivity contribution >= 4 is 11.9 Å². The quantitative estimate of drug-likeness (QED) is 0.656. The molecule has 2 heterocycles. The largest absolute Gasteiger partial charge is 0.497 e. The van der Waals surface area contributed by atoms with Crippen molar-refractivity contribution < 1.29 is 28.5 Å². The standard InChI is InChI=1S/C25H29NO6/c1-29-22-8-18(9-23(13-22)30-2)10-24(27)19-11-20-15-31-16-21(12-19)26(20)25(28)32-14-17-6-4-3-5-7-17/h3-9,13,19-21H,10-12,14-16H2,1-2H3. The maximum Gasteiger partial charge on any atom is 0.410 e. The van der Waals surface area contributed by atoms with Crippen LogP contribution in [0.15, 0.2) is 48.5 Å². The van der Waals surface area contributed by atoms with Crippen molar-refractivity contribution in [3.8, 4) is 11.5 Å². The Morgan fingerprint density at radius 3 is 2.16 bits per heavy atom. The summed E-state index contributed by atoms with van der Waals surface area (Å²) in [4.78, 5) is 27.7. The summed E-state index contributed by atoms with van der Waals surface area (Å²) in [6, 6.07) is 14.8. The van der Waals surface area contributed by atoms with Gasteiger partial charge in [-0.3, -0.25) is 9.69 Å². The molecule has 2 aromatic rings. The first kappa shape index (κ1) is 22.1. The third-order valence-electron chi connectivity index (χ3n) is 6.18. The summed E-state index contributed by atoms with van der Waals surface area (Å²) in [5.41, 5.74) is 1.80. The zero-order chi connectivity index (χ0) is 22.5. The van der Waals surface area contributed by atoms with E-state index in [1.165, 1.54) is 0 Å². The number of ether oxygens (including phenoxy) is 4. The lowest BCUT2D eigenvalue weighted by atomic mass is 9.81. The van der Waals surface area contributed by atoms with Gasteiger partial charge in [-0.1, -0.05) is 30.3 Å². The first-order chi connectivity index (χ1) is 15.6. The molecule has 1 amide bonds. The number of piperidine rings is 1. The number of amides is 1. The van der Waals surface area contributed by atoms with Gasteiger partial charge >= 0.3 is 6.09 Å². The monoisotopic (exact) mass is 439 g/mol. The second-order valence-electron chi connectivity index (χ2n) is 8.32. The lowest BCUT2D eigenvalue weighted by molar-refractivity contribution is -0.130. The molecule has 32 heavy (non-hydrogen) atoms. The number of hydrogen-bond donors (Lipinski definition) is 0. The Kier molecular flexibility index (Phi) is 6.95. The van der Waals surface area contributed by atoms with E-state index in [1.54, 1.807) is 25.2 Å². The lowest BCUT2D eigenvalue weighted by Gasteiger charge is -2.47. The molecule has 2 aliphatic rings. The molecule has 2 saturated heterocycles. The van der Waals surface area contributed by atoms with Gasteiger partial charge in [0.05, 0.1) is 39.5 Å². The molecule has 2 aliphatic heterocycles. The van der Waals surface area contributed by atoms with Crippen LogP contribution in [0.3, 0.4) is 0 Å². The van der Waals surface area contributed by atoms with E-state index in [2.05, 4.69) is 0 Å². The van der Waals surface area contributed by atoms with E-state index in [4.69, 9.17) is 18.9 Å². The highest BCUT2D eigenvalue weighted by molar-refractivity contribution is 5.84. The van der Waals surface area contributed by atoms with Crippen molar-refractivity contribution in [2.45, 2.75) is 38.0 Å². The predicted molar refractivity (Wildman–Crippen MR) is 118 cm³/mol. The van der Waals surface area contributed by atoms with E-state index in [0.717, 1.165) is 11.1 Å². The van der Waals surface area contributed by atoms with Crippen molar-refractivity contribution in [3.63, 3.8) is 0 Å². The Morgan fingerprint density at radius 2 is 1.56 bits per heavy atom. The smallest absolute Gasteiger partial charge is 0.410 e. The van der Waals surface area contributed by atoms with Crippen LogP contribution < -0.4 is 9.47 Å². The van der Waals surface area contributed by atoms with Gasteiger partial charge in [0.25, 0.3) is 0 Å². The Labute approximate surface area is 188 Å². The van der Waals surface area contributed by atoms with Crippen molar-refractivity contribution in [2.75, 3.05) is 27.4 Å². The molecule has 7 nitrogen and oxygen atoms in total. The topological polar surface area (TPSA) is 74.3 Å². The molecule has 2 aromatic carbocycles. The van der Waals surface area contributed by atoms with Gasteiger partial charge in [0.15, 0.2) is 0 Å². The van der Waals surface area contributed by atoms with Crippen LogP contribution in [0.25, 0.3) is 0 Å². The van der Waals surface area contributed by atoms with Gasteiger partial charge in [-0.15, -0.1) is 0 Å². The highest BCUT2D eigenvalue weighted by Gasteiger charge is 2.44. The molecule has 0 saturated carbocycles. The number of fused-ring (bicyclic) bond motifs is 2. The van der Waals surface area contributed by atoms with Crippen LogP contribution in [-0.4, -0.2) is 56.3 Å². The maximum absolute atomic E-state index is 13.1. The van der Waals surface area contributed by atoms with Crippen LogP contribution in [0.4, 0.5) is 4.79 Å². The molecule has 0 radical (unpaired) electrons. The molecular formula is C25H29NO6. The molecule has 0 spiro atoms. The van der Waals surface area contributed by atoms with E-state index in [1.807, 2.05) is 42.5 Å². The van der Waals surface area contributed by atoms with Gasteiger partial charge in [0.2, 0.25) is 0 Å². The second kappa shape index (κ2) is 10.0. The summed E-state index contributed by atoms with van der Waals surface area (Å²) in [6.45, 7) is 1.08. The number of carbonyl (C=O) groups excluding carboxylic acids is 2.